The van der Waals surface area contributed by atoms with Crippen LogP contribution in [0.4, 0.5) is 0 Å². The number of nitriles is 1. The zero-order valence-corrected chi connectivity index (χ0v) is 18.1. The average Bonchev–Trinajstić information content (AvgIpc) is 3.45. The van der Waals surface area contributed by atoms with Gasteiger partial charge >= 0.3 is 0 Å². The van der Waals surface area contributed by atoms with Gasteiger partial charge in [-0.15, -0.1) is 0 Å². The van der Waals surface area contributed by atoms with E-state index in [1.165, 1.54) is 5.39 Å². The van der Waals surface area contributed by atoms with Crippen LogP contribution in [0.3, 0.4) is 0 Å². The van der Waals surface area contributed by atoms with Crippen molar-refractivity contribution in [1.82, 2.24) is 9.55 Å². The van der Waals surface area contributed by atoms with E-state index in [2.05, 4.69) is 70.2 Å². The molecule has 0 aliphatic carbocycles. The monoisotopic (exact) mass is 435 g/mol. The van der Waals surface area contributed by atoms with Gasteiger partial charge in [-0.05, 0) is 42.5 Å². The molecular weight excluding hydrogens is 418 g/mol. The molecule has 7 rings (SSSR count). The molecule has 0 bridgehead atoms. The van der Waals surface area contributed by atoms with Gasteiger partial charge in [0.05, 0.1) is 28.4 Å². The fraction of sp³-hybridized carbons (Fsp3) is 0. The smallest absolute Gasteiger partial charge is 0.160 e. The number of hydrogen-bond acceptors (Lipinski definition) is 3. The van der Waals surface area contributed by atoms with Crippen LogP contribution >= 0.6 is 0 Å². The van der Waals surface area contributed by atoms with E-state index >= 15 is 0 Å². The van der Waals surface area contributed by atoms with Gasteiger partial charge < -0.3 is 8.98 Å². The first-order valence-electron chi connectivity index (χ1n) is 11.1. The third-order valence-corrected chi connectivity index (χ3v) is 6.47. The second-order valence-corrected chi connectivity index (χ2v) is 8.38. The van der Waals surface area contributed by atoms with E-state index in [9.17, 15) is 5.26 Å². The lowest BCUT2D eigenvalue weighted by atomic mass is 10.1. The Morgan fingerprint density at radius 1 is 0.735 bits per heavy atom. The van der Waals surface area contributed by atoms with Crippen LogP contribution in [0, 0.1) is 11.3 Å². The molecule has 158 valence electrons. The molecule has 0 spiro atoms. The first kappa shape index (κ1) is 18.7. The Morgan fingerprint density at radius 2 is 1.56 bits per heavy atom. The van der Waals surface area contributed by atoms with Crippen LogP contribution in [-0.2, 0) is 0 Å². The lowest BCUT2D eigenvalue weighted by Gasteiger charge is -2.10. The van der Waals surface area contributed by atoms with E-state index in [4.69, 9.17) is 4.42 Å². The minimum Gasteiger partial charge on any atom is -0.454 e. The highest BCUT2D eigenvalue weighted by atomic mass is 16.3. The van der Waals surface area contributed by atoms with Crippen LogP contribution in [0.1, 0.15) is 5.56 Å². The molecular formula is C30H17N3O. The molecule has 0 aliphatic rings. The van der Waals surface area contributed by atoms with Gasteiger partial charge in [0.1, 0.15) is 5.58 Å². The second-order valence-electron chi connectivity index (χ2n) is 8.38. The zero-order valence-electron chi connectivity index (χ0n) is 18.1. The van der Waals surface area contributed by atoms with Crippen molar-refractivity contribution in [1.29, 1.82) is 5.26 Å². The van der Waals surface area contributed by atoms with Crippen LogP contribution < -0.4 is 0 Å². The van der Waals surface area contributed by atoms with Gasteiger partial charge in [-0.2, -0.15) is 5.26 Å². The van der Waals surface area contributed by atoms with Crippen molar-refractivity contribution in [3.05, 3.63) is 109 Å². The van der Waals surface area contributed by atoms with Crippen molar-refractivity contribution in [2.24, 2.45) is 0 Å². The summed E-state index contributed by atoms with van der Waals surface area (Å²) in [7, 11) is 0. The predicted molar refractivity (Wildman–Crippen MR) is 136 cm³/mol. The fourth-order valence-electron chi connectivity index (χ4n) is 4.96. The van der Waals surface area contributed by atoms with Crippen molar-refractivity contribution in [2.45, 2.75) is 0 Å². The van der Waals surface area contributed by atoms with Crippen molar-refractivity contribution in [2.75, 3.05) is 0 Å². The lowest BCUT2D eigenvalue weighted by Crippen LogP contribution is -1.95. The highest BCUT2D eigenvalue weighted by Crippen LogP contribution is 2.40. The summed E-state index contributed by atoms with van der Waals surface area (Å²) in [6.45, 7) is 0. The van der Waals surface area contributed by atoms with Crippen molar-refractivity contribution >= 4 is 43.7 Å². The predicted octanol–water partition coefficient (Wildman–Crippen LogP) is 7.62. The maximum Gasteiger partial charge on any atom is 0.160 e. The van der Waals surface area contributed by atoms with Crippen LogP contribution in [0.25, 0.3) is 60.7 Å². The second kappa shape index (κ2) is 7.06. The van der Waals surface area contributed by atoms with Gasteiger partial charge in [-0.1, -0.05) is 54.6 Å². The highest BCUT2D eigenvalue weighted by molar-refractivity contribution is 6.21. The van der Waals surface area contributed by atoms with Crippen LogP contribution in [0.5, 0.6) is 0 Å². The van der Waals surface area contributed by atoms with Gasteiger partial charge in [0.25, 0.3) is 0 Å². The van der Waals surface area contributed by atoms with Gasteiger partial charge in [0.15, 0.2) is 5.58 Å². The van der Waals surface area contributed by atoms with Crippen molar-refractivity contribution < 1.29 is 4.42 Å². The molecule has 0 aliphatic heterocycles. The number of nitrogens with zero attached hydrogens (tertiary/aromatic N) is 3. The molecule has 0 saturated heterocycles. The van der Waals surface area contributed by atoms with E-state index in [1.54, 1.807) is 12.3 Å². The van der Waals surface area contributed by atoms with E-state index in [-0.39, 0.29) is 0 Å². The van der Waals surface area contributed by atoms with E-state index in [0.717, 1.165) is 55.3 Å². The SMILES string of the molecule is N#Cc1ccnc(-c2cccc(-n3c4ccccc4c4ccc5c6ccccc6oc5c43)c2)c1. The van der Waals surface area contributed by atoms with E-state index in [1.807, 2.05) is 36.4 Å². The van der Waals surface area contributed by atoms with E-state index < -0.39 is 0 Å². The third kappa shape index (κ3) is 2.61. The summed E-state index contributed by atoms with van der Waals surface area (Å²) in [6.07, 6.45) is 1.68. The third-order valence-electron chi connectivity index (χ3n) is 6.47. The minimum atomic E-state index is 0.594. The number of hydrogen-bond donors (Lipinski definition) is 0. The molecule has 0 fully saturated rings. The summed E-state index contributed by atoms with van der Waals surface area (Å²) >= 11 is 0. The van der Waals surface area contributed by atoms with Crippen LogP contribution in [-0.4, -0.2) is 9.55 Å². The van der Waals surface area contributed by atoms with Crippen molar-refractivity contribution in [3.8, 4) is 23.0 Å². The Morgan fingerprint density at radius 3 is 2.47 bits per heavy atom. The molecule has 3 heterocycles. The number of para-hydroxylation sites is 2. The molecule has 4 nitrogen and oxygen atoms in total. The Kier molecular flexibility index (Phi) is 3.88. The molecule has 0 N–H and O–H groups in total. The maximum atomic E-state index is 9.32. The number of furan rings is 1. The number of fused-ring (bicyclic) bond motifs is 7. The summed E-state index contributed by atoms with van der Waals surface area (Å²) in [6, 6.07) is 35.0. The molecule has 0 unspecified atom stereocenters. The van der Waals surface area contributed by atoms with Crippen LogP contribution in [0.2, 0.25) is 0 Å². The normalized spacial score (nSPS) is 11.5. The number of pyridine rings is 1. The summed E-state index contributed by atoms with van der Waals surface area (Å²) in [5.74, 6) is 0. The first-order valence-corrected chi connectivity index (χ1v) is 11.1. The number of aromatic nitrogens is 2. The molecule has 0 atom stereocenters. The maximum absolute atomic E-state index is 9.32. The van der Waals surface area contributed by atoms with Gasteiger partial charge in [-0.25, -0.2) is 0 Å². The molecule has 3 aromatic heterocycles. The summed E-state index contributed by atoms with van der Waals surface area (Å²) < 4.78 is 8.70. The molecule has 7 aromatic rings. The Hall–Kier alpha value is -4.88. The Labute approximate surface area is 194 Å². The Balaban J connectivity index is 1.59. The molecule has 4 aromatic carbocycles. The lowest BCUT2D eigenvalue weighted by molar-refractivity contribution is 0.671. The quantitative estimate of drug-likeness (QED) is 0.281. The topological polar surface area (TPSA) is 54.8 Å². The fourth-order valence-corrected chi connectivity index (χ4v) is 4.96. The highest BCUT2D eigenvalue weighted by Gasteiger charge is 2.19. The molecule has 34 heavy (non-hydrogen) atoms. The average molecular weight is 435 g/mol. The van der Waals surface area contributed by atoms with Gasteiger partial charge in [0.2, 0.25) is 0 Å². The molecule has 0 radical (unpaired) electrons. The standard InChI is InChI=1S/C30H17N3O/c31-18-19-14-15-32-26(16-19)20-6-5-7-21(17-20)33-27-10-3-1-8-22(27)24-12-13-25-23-9-2-4-11-28(23)34-30(25)29(24)33/h1-17H. The minimum absolute atomic E-state index is 0.594. The summed E-state index contributed by atoms with van der Waals surface area (Å²) in [5, 5.41) is 13.9. The Bertz CT molecular complexity index is 1930. The largest absolute Gasteiger partial charge is 0.454 e. The number of rotatable bonds is 2. The summed E-state index contributed by atoms with van der Waals surface area (Å²) in [4.78, 5) is 4.50. The van der Waals surface area contributed by atoms with Gasteiger partial charge in [0, 0.05) is 39.0 Å². The zero-order chi connectivity index (χ0) is 22.6. The first-order chi connectivity index (χ1) is 16.8. The molecule has 0 saturated carbocycles. The molecule has 0 amide bonds. The molecule has 4 heteroatoms. The number of benzene rings is 4. The van der Waals surface area contributed by atoms with Gasteiger partial charge in [-0.3, -0.25) is 4.98 Å². The van der Waals surface area contributed by atoms with Crippen molar-refractivity contribution in [3.63, 3.8) is 0 Å². The van der Waals surface area contributed by atoms with E-state index in [0.29, 0.717) is 5.56 Å². The summed E-state index contributed by atoms with van der Waals surface area (Å²) in [5.41, 5.74) is 7.26. The van der Waals surface area contributed by atoms with Crippen LogP contribution in [0.15, 0.2) is 108 Å².